The van der Waals surface area contributed by atoms with Gasteiger partial charge in [-0.3, -0.25) is 14.5 Å². The lowest BCUT2D eigenvalue weighted by molar-refractivity contribution is -0.122. The van der Waals surface area contributed by atoms with Gasteiger partial charge in [0, 0.05) is 15.8 Å². The lowest BCUT2D eigenvalue weighted by Gasteiger charge is -2.23. The smallest absolute Gasteiger partial charge is 0.241 e. The number of rotatable bonds is 6. The SMILES string of the molecule is Cc1ccc(NC(=O)CN(C)C(C)C(=O)Nc2ccc(Br)cc2)cc1. The minimum absolute atomic E-state index is 0.128. The van der Waals surface area contributed by atoms with Crippen LogP contribution in [0, 0.1) is 6.92 Å². The van der Waals surface area contributed by atoms with E-state index in [-0.39, 0.29) is 18.4 Å². The number of likely N-dealkylation sites (N-methyl/N-ethyl adjacent to an activating group) is 1. The molecular weight excluding hydrogens is 382 g/mol. The fourth-order valence-electron chi connectivity index (χ4n) is 2.18. The van der Waals surface area contributed by atoms with Gasteiger partial charge in [0.2, 0.25) is 11.8 Å². The summed E-state index contributed by atoms with van der Waals surface area (Å²) in [5.41, 5.74) is 2.60. The van der Waals surface area contributed by atoms with E-state index in [0.717, 1.165) is 21.4 Å². The molecule has 0 aliphatic heterocycles. The molecule has 0 heterocycles. The van der Waals surface area contributed by atoms with Crippen LogP contribution in [0.3, 0.4) is 0 Å². The first-order valence-electron chi connectivity index (χ1n) is 7.98. The molecule has 132 valence electrons. The molecule has 0 aliphatic rings. The maximum Gasteiger partial charge on any atom is 0.241 e. The Balaban J connectivity index is 1.86. The molecule has 6 heteroatoms. The molecule has 25 heavy (non-hydrogen) atoms. The number of halogens is 1. The number of aryl methyl sites for hydroxylation is 1. The summed E-state index contributed by atoms with van der Waals surface area (Å²) in [5, 5.41) is 5.68. The van der Waals surface area contributed by atoms with Crippen molar-refractivity contribution in [3.8, 4) is 0 Å². The summed E-state index contributed by atoms with van der Waals surface area (Å²) in [5.74, 6) is -0.317. The second-order valence-corrected chi connectivity index (χ2v) is 6.92. The van der Waals surface area contributed by atoms with E-state index in [1.54, 1.807) is 18.9 Å². The summed E-state index contributed by atoms with van der Waals surface area (Å²) in [6.45, 7) is 3.89. The van der Waals surface area contributed by atoms with Crippen molar-refractivity contribution < 1.29 is 9.59 Å². The van der Waals surface area contributed by atoms with Crippen LogP contribution in [-0.2, 0) is 9.59 Å². The molecule has 0 saturated carbocycles. The van der Waals surface area contributed by atoms with Gasteiger partial charge in [0.25, 0.3) is 0 Å². The zero-order chi connectivity index (χ0) is 18.4. The first-order chi connectivity index (χ1) is 11.8. The van der Waals surface area contributed by atoms with Crippen molar-refractivity contribution in [1.82, 2.24) is 4.90 Å². The van der Waals surface area contributed by atoms with Crippen LogP contribution in [-0.4, -0.2) is 36.3 Å². The van der Waals surface area contributed by atoms with Crippen molar-refractivity contribution in [1.29, 1.82) is 0 Å². The van der Waals surface area contributed by atoms with Crippen molar-refractivity contribution in [3.05, 3.63) is 58.6 Å². The molecule has 0 spiro atoms. The van der Waals surface area contributed by atoms with Gasteiger partial charge >= 0.3 is 0 Å². The molecule has 0 bridgehead atoms. The van der Waals surface area contributed by atoms with Crippen molar-refractivity contribution in [2.24, 2.45) is 0 Å². The maximum absolute atomic E-state index is 12.3. The summed E-state index contributed by atoms with van der Waals surface area (Å²) in [7, 11) is 1.75. The van der Waals surface area contributed by atoms with Gasteiger partial charge in [0.15, 0.2) is 0 Å². The summed E-state index contributed by atoms with van der Waals surface area (Å²) in [4.78, 5) is 26.2. The molecule has 0 aliphatic carbocycles. The fourth-order valence-corrected chi connectivity index (χ4v) is 2.45. The topological polar surface area (TPSA) is 61.4 Å². The van der Waals surface area contributed by atoms with Crippen LogP contribution in [0.5, 0.6) is 0 Å². The third-order valence-corrected chi connectivity index (χ3v) is 4.41. The molecule has 5 nitrogen and oxygen atoms in total. The monoisotopic (exact) mass is 403 g/mol. The number of carbonyl (C=O) groups excluding carboxylic acids is 2. The van der Waals surface area contributed by atoms with Gasteiger partial charge in [-0.15, -0.1) is 0 Å². The molecule has 2 rings (SSSR count). The summed E-state index contributed by atoms with van der Waals surface area (Å²) >= 11 is 3.36. The maximum atomic E-state index is 12.3. The predicted molar refractivity (Wildman–Crippen MR) is 105 cm³/mol. The summed E-state index contributed by atoms with van der Waals surface area (Å²) < 4.78 is 0.948. The Morgan fingerprint density at radius 3 is 2.12 bits per heavy atom. The largest absolute Gasteiger partial charge is 0.325 e. The van der Waals surface area contributed by atoms with Gasteiger partial charge in [-0.05, 0) is 57.3 Å². The third-order valence-electron chi connectivity index (χ3n) is 3.88. The first-order valence-corrected chi connectivity index (χ1v) is 8.77. The number of hydrogen-bond acceptors (Lipinski definition) is 3. The van der Waals surface area contributed by atoms with Gasteiger partial charge in [0.05, 0.1) is 12.6 Å². The average Bonchev–Trinajstić information content (AvgIpc) is 2.58. The first kappa shape index (κ1) is 19.1. The van der Waals surface area contributed by atoms with E-state index in [9.17, 15) is 9.59 Å². The van der Waals surface area contributed by atoms with E-state index in [1.165, 1.54) is 0 Å². The molecule has 0 radical (unpaired) electrons. The van der Waals surface area contributed by atoms with E-state index >= 15 is 0 Å². The highest BCUT2D eigenvalue weighted by Crippen LogP contribution is 2.15. The summed E-state index contributed by atoms with van der Waals surface area (Å²) in [6.07, 6.45) is 0. The second-order valence-electron chi connectivity index (χ2n) is 6.00. The van der Waals surface area contributed by atoms with Gasteiger partial charge in [-0.1, -0.05) is 33.6 Å². The number of nitrogens with one attached hydrogen (secondary N) is 2. The van der Waals surface area contributed by atoms with E-state index < -0.39 is 6.04 Å². The number of hydrogen-bond donors (Lipinski definition) is 2. The van der Waals surface area contributed by atoms with Gasteiger partial charge in [0.1, 0.15) is 0 Å². The van der Waals surface area contributed by atoms with Crippen molar-refractivity contribution in [2.75, 3.05) is 24.2 Å². The van der Waals surface area contributed by atoms with Crippen molar-refractivity contribution in [2.45, 2.75) is 19.9 Å². The molecule has 2 aromatic rings. The summed E-state index contributed by atoms with van der Waals surface area (Å²) in [6, 6.07) is 14.5. The lowest BCUT2D eigenvalue weighted by atomic mass is 10.2. The molecular formula is C19H22BrN3O2. The predicted octanol–water partition coefficient (Wildman–Crippen LogP) is 3.66. The van der Waals surface area contributed by atoms with Crippen molar-refractivity contribution >= 4 is 39.1 Å². The highest BCUT2D eigenvalue weighted by Gasteiger charge is 2.20. The van der Waals surface area contributed by atoms with Crippen molar-refractivity contribution in [3.63, 3.8) is 0 Å². The van der Waals surface area contributed by atoms with Crippen LogP contribution in [0.2, 0.25) is 0 Å². The molecule has 0 fully saturated rings. The van der Waals surface area contributed by atoms with Crippen LogP contribution in [0.1, 0.15) is 12.5 Å². The van der Waals surface area contributed by atoms with Crippen LogP contribution in [0.4, 0.5) is 11.4 Å². The molecule has 2 aromatic carbocycles. The van der Waals surface area contributed by atoms with Gasteiger partial charge in [-0.25, -0.2) is 0 Å². The standard InChI is InChI=1S/C19H22BrN3O2/c1-13-4-8-16(9-5-13)21-18(24)12-23(3)14(2)19(25)22-17-10-6-15(20)7-11-17/h4-11,14H,12H2,1-3H3,(H,21,24)(H,22,25). The van der Waals surface area contributed by atoms with Crippen LogP contribution >= 0.6 is 15.9 Å². The van der Waals surface area contributed by atoms with Crippen LogP contribution in [0.15, 0.2) is 53.0 Å². The zero-order valence-corrected chi connectivity index (χ0v) is 16.1. The number of nitrogens with zero attached hydrogens (tertiary/aromatic N) is 1. The Labute approximate surface area is 156 Å². The van der Waals surface area contributed by atoms with Gasteiger partial charge < -0.3 is 10.6 Å². The molecule has 1 atom stereocenters. The van der Waals surface area contributed by atoms with E-state index in [0.29, 0.717) is 0 Å². The number of carbonyl (C=O) groups is 2. The highest BCUT2D eigenvalue weighted by molar-refractivity contribution is 9.10. The quantitative estimate of drug-likeness (QED) is 0.773. The minimum Gasteiger partial charge on any atom is -0.325 e. The Morgan fingerprint density at radius 2 is 1.52 bits per heavy atom. The molecule has 0 aromatic heterocycles. The van der Waals surface area contributed by atoms with E-state index in [4.69, 9.17) is 0 Å². The Kier molecular flexibility index (Phi) is 6.73. The van der Waals surface area contributed by atoms with E-state index in [1.807, 2.05) is 55.5 Å². The second kappa shape index (κ2) is 8.78. The molecule has 2 amide bonds. The average molecular weight is 404 g/mol. The Hall–Kier alpha value is -2.18. The minimum atomic E-state index is -0.438. The van der Waals surface area contributed by atoms with E-state index in [2.05, 4.69) is 26.6 Å². The molecule has 0 saturated heterocycles. The zero-order valence-electron chi connectivity index (χ0n) is 14.5. The van der Waals surface area contributed by atoms with Crippen LogP contribution in [0.25, 0.3) is 0 Å². The van der Waals surface area contributed by atoms with Crippen LogP contribution < -0.4 is 10.6 Å². The Morgan fingerprint density at radius 1 is 1.00 bits per heavy atom. The number of benzene rings is 2. The normalized spacial score (nSPS) is 11.9. The lowest BCUT2D eigenvalue weighted by Crippen LogP contribution is -2.43. The highest BCUT2D eigenvalue weighted by atomic mass is 79.9. The fraction of sp³-hybridized carbons (Fsp3) is 0.263. The molecule has 1 unspecified atom stereocenters. The number of anilines is 2. The Bertz CT molecular complexity index is 729. The third kappa shape index (κ3) is 5.99. The number of amides is 2. The molecule has 2 N–H and O–H groups in total. The van der Waals surface area contributed by atoms with Gasteiger partial charge in [-0.2, -0.15) is 0 Å².